The number of halogens is 1. The number of nitrogens with zero attached hydrogens (tertiary/aromatic N) is 1. The summed E-state index contributed by atoms with van der Waals surface area (Å²) in [5.74, 6) is -0.870. The van der Waals surface area contributed by atoms with Crippen molar-refractivity contribution < 1.29 is 9.90 Å². The van der Waals surface area contributed by atoms with Crippen LogP contribution in [0, 0.1) is 0 Å². The van der Waals surface area contributed by atoms with Crippen LogP contribution in [0.15, 0.2) is 35.3 Å². The van der Waals surface area contributed by atoms with E-state index in [0.717, 1.165) is 0 Å². The molecule has 1 aromatic heterocycles. The minimum absolute atomic E-state index is 0.0145. The van der Waals surface area contributed by atoms with Gasteiger partial charge in [0, 0.05) is 29.2 Å². The molecule has 1 heterocycles. The summed E-state index contributed by atoms with van der Waals surface area (Å²) in [7, 11) is 0. The van der Waals surface area contributed by atoms with Crippen LogP contribution >= 0.6 is 11.6 Å². The maximum Gasteiger partial charge on any atom is 0.305 e. The highest BCUT2D eigenvalue weighted by atomic mass is 35.5. The number of rotatable bonds is 3. The van der Waals surface area contributed by atoms with Crippen molar-refractivity contribution in [3.63, 3.8) is 0 Å². The molecule has 0 saturated heterocycles. The van der Waals surface area contributed by atoms with Gasteiger partial charge in [0.2, 0.25) is 0 Å². The number of aliphatic carboxylic acids is 1. The number of pyridine rings is 1. The van der Waals surface area contributed by atoms with E-state index in [1.165, 1.54) is 6.07 Å². The van der Waals surface area contributed by atoms with Crippen LogP contribution in [0.1, 0.15) is 6.42 Å². The monoisotopic (exact) mass is 251 g/mol. The van der Waals surface area contributed by atoms with Crippen LogP contribution in [0.25, 0.3) is 10.9 Å². The second kappa shape index (κ2) is 4.59. The largest absolute Gasteiger partial charge is 0.481 e. The molecular weight excluding hydrogens is 242 g/mol. The summed E-state index contributed by atoms with van der Waals surface area (Å²) in [6, 6.07) is 6.42. The van der Waals surface area contributed by atoms with Crippen molar-refractivity contribution in [2.24, 2.45) is 0 Å². The van der Waals surface area contributed by atoms with Crippen molar-refractivity contribution in [3.8, 4) is 0 Å². The van der Waals surface area contributed by atoms with Crippen LogP contribution in [0.5, 0.6) is 0 Å². The minimum atomic E-state index is -0.870. The zero-order valence-electron chi connectivity index (χ0n) is 8.89. The Balaban J connectivity index is 2.54. The van der Waals surface area contributed by atoms with Gasteiger partial charge in [0.1, 0.15) is 0 Å². The maximum absolute atomic E-state index is 11.6. The summed E-state index contributed by atoms with van der Waals surface area (Å²) in [5.41, 5.74) is 0.581. The molecule has 0 aliphatic carbocycles. The van der Waals surface area contributed by atoms with Crippen LogP contribution in [-0.4, -0.2) is 15.6 Å². The van der Waals surface area contributed by atoms with Crippen LogP contribution in [-0.2, 0) is 11.3 Å². The number of fused-ring (bicyclic) bond motifs is 1. The van der Waals surface area contributed by atoms with Gasteiger partial charge < -0.3 is 9.67 Å². The third-order valence-corrected chi connectivity index (χ3v) is 2.74. The first-order valence-corrected chi connectivity index (χ1v) is 5.46. The summed E-state index contributed by atoms with van der Waals surface area (Å²) in [4.78, 5) is 22.2. The number of aromatic nitrogens is 1. The van der Waals surface area contributed by atoms with Gasteiger partial charge in [0.05, 0.1) is 11.9 Å². The van der Waals surface area contributed by atoms with Crippen molar-refractivity contribution in [2.75, 3.05) is 0 Å². The lowest BCUT2D eigenvalue weighted by Gasteiger charge is -2.09. The van der Waals surface area contributed by atoms with Gasteiger partial charge in [-0.1, -0.05) is 11.6 Å². The maximum atomic E-state index is 11.6. The molecule has 2 aromatic rings. The molecule has 0 saturated carbocycles. The van der Waals surface area contributed by atoms with E-state index in [-0.39, 0.29) is 11.8 Å². The molecule has 0 aliphatic heterocycles. The number of carbonyl (C=O) groups is 1. The van der Waals surface area contributed by atoms with Gasteiger partial charge in [-0.15, -0.1) is 0 Å². The zero-order chi connectivity index (χ0) is 12.4. The Morgan fingerprint density at radius 2 is 2.12 bits per heavy atom. The van der Waals surface area contributed by atoms with Crippen molar-refractivity contribution >= 4 is 28.5 Å². The molecule has 17 heavy (non-hydrogen) atoms. The Bertz CT molecular complexity index is 633. The quantitative estimate of drug-likeness (QED) is 0.909. The predicted octanol–water partition coefficient (Wildman–Crippen LogP) is 2.13. The average Bonchev–Trinajstić information content (AvgIpc) is 2.28. The molecule has 1 aromatic carbocycles. The van der Waals surface area contributed by atoms with Gasteiger partial charge in [-0.05, 0) is 18.2 Å². The number of carboxylic acid groups (broad SMARTS) is 1. The molecule has 0 atom stereocenters. The van der Waals surface area contributed by atoms with E-state index in [1.807, 2.05) is 0 Å². The summed E-state index contributed by atoms with van der Waals surface area (Å²) < 4.78 is 1.74. The molecule has 0 radical (unpaired) electrons. The summed E-state index contributed by atoms with van der Waals surface area (Å²) >= 11 is 5.83. The summed E-state index contributed by atoms with van der Waals surface area (Å²) in [6.45, 7) is 0.327. The highest BCUT2D eigenvalue weighted by Crippen LogP contribution is 2.16. The van der Waals surface area contributed by atoms with Gasteiger partial charge >= 0.3 is 5.97 Å². The third-order valence-electron chi connectivity index (χ3n) is 2.51. The first-order chi connectivity index (χ1) is 8.08. The second-order valence-electron chi connectivity index (χ2n) is 3.68. The minimum Gasteiger partial charge on any atom is -0.481 e. The lowest BCUT2D eigenvalue weighted by molar-refractivity contribution is -0.137. The third kappa shape index (κ3) is 2.47. The van der Waals surface area contributed by atoms with Crippen molar-refractivity contribution in [1.29, 1.82) is 0 Å². The number of carboxylic acids is 1. The lowest BCUT2D eigenvalue weighted by Crippen LogP contribution is -2.10. The van der Waals surface area contributed by atoms with Gasteiger partial charge in [0.15, 0.2) is 5.43 Å². The van der Waals surface area contributed by atoms with Gasteiger partial charge in [-0.2, -0.15) is 0 Å². The number of aryl methyl sites for hydroxylation is 1. The fourth-order valence-corrected chi connectivity index (χ4v) is 1.87. The van der Waals surface area contributed by atoms with Crippen molar-refractivity contribution in [2.45, 2.75) is 13.0 Å². The molecule has 2 rings (SSSR count). The lowest BCUT2D eigenvalue weighted by atomic mass is 10.2. The standard InChI is InChI=1S/C12H10ClNO3/c13-8-1-2-10-9(7-8)11(15)3-5-14(10)6-4-12(16)17/h1-3,5,7H,4,6H2,(H,16,17). The van der Waals surface area contributed by atoms with E-state index in [4.69, 9.17) is 16.7 Å². The van der Waals surface area contributed by atoms with Crippen LogP contribution in [0.2, 0.25) is 5.02 Å². The predicted molar refractivity (Wildman–Crippen MR) is 65.5 cm³/mol. The Hall–Kier alpha value is -1.81. The van der Waals surface area contributed by atoms with E-state index in [0.29, 0.717) is 22.5 Å². The average molecular weight is 252 g/mol. The number of hydrogen-bond acceptors (Lipinski definition) is 2. The molecule has 0 fully saturated rings. The topological polar surface area (TPSA) is 59.3 Å². The van der Waals surface area contributed by atoms with Crippen molar-refractivity contribution in [1.82, 2.24) is 4.57 Å². The molecule has 5 heteroatoms. The van der Waals surface area contributed by atoms with E-state index in [2.05, 4.69) is 0 Å². The SMILES string of the molecule is O=C(O)CCn1ccc(=O)c2cc(Cl)ccc21. The van der Waals surface area contributed by atoms with E-state index in [9.17, 15) is 9.59 Å². The Kier molecular flexibility index (Phi) is 3.15. The summed E-state index contributed by atoms with van der Waals surface area (Å²) in [6.07, 6.45) is 1.61. The molecule has 4 nitrogen and oxygen atoms in total. The molecule has 0 aliphatic rings. The number of hydrogen-bond donors (Lipinski definition) is 1. The molecule has 0 spiro atoms. The molecule has 0 unspecified atom stereocenters. The van der Waals surface area contributed by atoms with Crippen LogP contribution < -0.4 is 5.43 Å². The molecule has 88 valence electrons. The summed E-state index contributed by atoms with van der Waals surface area (Å²) in [5, 5.41) is 9.65. The Morgan fingerprint density at radius 1 is 1.35 bits per heavy atom. The molecular formula is C12H10ClNO3. The normalized spacial score (nSPS) is 10.6. The fourth-order valence-electron chi connectivity index (χ4n) is 1.69. The fraction of sp³-hybridized carbons (Fsp3) is 0.167. The van der Waals surface area contributed by atoms with Gasteiger partial charge in [-0.25, -0.2) is 0 Å². The Labute approximate surface area is 102 Å². The highest BCUT2D eigenvalue weighted by molar-refractivity contribution is 6.31. The first kappa shape index (κ1) is 11.7. The Morgan fingerprint density at radius 3 is 2.82 bits per heavy atom. The van der Waals surface area contributed by atoms with Crippen molar-refractivity contribution in [3.05, 3.63) is 45.7 Å². The van der Waals surface area contributed by atoms with Gasteiger partial charge in [-0.3, -0.25) is 9.59 Å². The van der Waals surface area contributed by atoms with E-state index < -0.39 is 5.97 Å². The second-order valence-corrected chi connectivity index (χ2v) is 4.12. The van der Waals surface area contributed by atoms with Gasteiger partial charge in [0.25, 0.3) is 0 Å². The first-order valence-electron chi connectivity index (χ1n) is 5.08. The van der Waals surface area contributed by atoms with E-state index in [1.54, 1.807) is 29.0 Å². The zero-order valence-corrected chi connectivity index (χ0v) is 9.65. The van der Waals surface area contributed by atoms with Crippen LogP contribution in [0.3, 0.4) is 0 Å². The molecule has 0 amide bonds. The molecule has 0 bridgehead atoms. The highest BCUT2D eigenvalue weighted by Gasteiger charge is 2.05. The van der Waals surface area contributed by atoms with E-state index >= 15 is 0 Å². The van der Waals surface area contributed by atoms with Crippen LogP contribution in [0.4, 0.5) is 0 Å². The number of benzene rings is 1. The molecule has 1 N–H and O–H groups in total. The smallest absolute Gasteiger partial charge is 0.305 e.